The Bertz CT molecular complexity index is 521. The molecule has 0 fully saturated rings. The van der Waals surface area contributed by atoms with Crippen molar-refractivity contribution >= 4 is 12.3 Å². The molecule has 3 nitrogen and oxygen atoms in total. The Morgan fingerprint density at radius 1 is 0.786 bits per heavy atom. The molecule has 1 atom stereocenters. The monoisotopic (exact) mass is 388 g/mol. The van der Waals surface area contributed by atoms with E-state index in [1.807, 2.05) is 0 Å². The molecule has 1 aromatic rings. The van der Waals surface area contributed by atoms with Gasteiger partial charge in [-0.2, -0.15) is 0 Å². The summed E-state index contributed by atoms with van der Waals surface area (Å²) in [5.74, 6) is -1.23. The fraction of sp³-hybridized carbons (Fsp3) is 0.680. The van der Waals surface area contributed by atoms with Gasteiger partial charge in [-0.05, 0) is 12.0 Å². The standard InChI is InChI=1S/C25H40O3/c1-2-3-4-5-6-7-8-9-10-11-12-13-14-15-16-24(25(27)28)23-19-17-22(21-26)18-20-23/h17-21,24H,2-16H2,1H3,(H,27,28). The molecule has 1 rings (SSSR count). The zero-order chi connectivity index (χ0) is 20.5. The molecule has 0 saturated carbocycles. The number of benzene rings is 1. The van der Waals surface area contributed by atoms with Crippen molar-refractivity contribution in [3.05, 3.63) is 35.4 Å². The van der Waals surface area contributed by atoms with Gasteiger partial charge in [0.1, 0.15) is 6.29 Å². The minimum absolute atomic E-state index is 0.460. The normalized spacial score (nSPS) is 12.0. The van der Waals surface area contributed by atoms with Crippen LogP contribution in [0.4, 0.5) is 0 Å². The topological polar surface area (TPSA) is 54.4 Å². The van der Waals surface area contributed by atoms with Crippen molar-refractivity contribution in [2.75, 3.05) is 0 Å². The second kappa shape index (κ2) is 16.3. The Balaban J connectivity index is 2.03. The molecule has 28 heavy (non-hydrogen) atoms. The first-order valence-corrected chi connectivity index (χ1v) is 11.5. The van der Waals surface area contributed by atoms with Crippen LogP contribution in [0.25, 0.3) is 0 Å². The predicted molar refractivity (Wildman–Crippen MR) is 117 cm³/mol. The van der Waals surface area contributed by atoms with Crippen LogP contribution in [0, 0.1) is 0 Å². The van der Waals surface area contributed by atoms with E-state index in [2.05, 4.69) is 6.92 Å². The summed E-state index contributed by atoms with van der Waals surface area (Å²) in [6, 6.07) is 6.94. The van der Waals surface area contributed by atoms with Gasteiger partial charge in [-0.25, -0.2) is 0 Å². The summed E-state index contributed by atoms with van der Waals surface area (Å²) < 4.78 is 0. The van der Waals surface area contributed by atoms with E-state index < -0.39 is 11.9 Å². The highest BCUT2D eigenvalue weighted by Crippen LogP contribution is 2.24. The molecule has 3 heteroatoms. The predicted octanol–water partition coefficient (Wildman–Crippen LogP) is 7.54. The van der Waals surface area contributed by atoms with E-state index in [0.717, 1.165) is 24.7 Å². The number of carboxylic acid groups (broad SMARTS) is 1. The van der Waals surface area contributed by atoms with Gasteiger partial charge in [0.15, 0.2) is 0 Å². The van der Waals surface area contributed by atoms with Crippen molar-refractivity contribution in [1.82, 2.24) is 0 Å². The number of rotatable bonds is 18. The number of carboxylic acids is 1. The minimum Gasteiger partial charge on any atom is -0.481 e. The zero-order valence-corrected chi connectivity index (χ0v) is 17.8. The van der Waals surface area contributed by atoms with Crippen LogP contribution in [0.3, 0.4) is 0 Å². The van der Waals surface area contributed by atoms with Gasteiger partial charge in [-0.3, -0.25) is 9.59 Å². The van der Waals surface area contributed by atoms with Crippen molar-refractivity contribution in [3.8, 4) is 0 Å². The Kier molecular flexibility index (Phi) is 14.2. The summed E-state index contributed by atoms with van der Waals surface area (Å²) in [7, 11) is 0. The molecule has 0 aliphatic heterocycles. The van der Waals surface area contributed by atoms with Gasteiger partial charge in [0.25, 0.3) is 0 Å². The van der Waals surface area contributed by atoms with Crippen molar-refractivity contribution in [1.29, 1.82) is 0 Å². The van der Waals surface area contributed by atoms with Gasteiger partial charge in [0.2, 0.25) is 0 Å². The van der Waals surface area contributed by atoms with Gasteiger partial charge >= 0.3 is 5.97 Å². The molecule has 0 saturated heterocycles. The van der Waals surface area contributed by atoms with Gasteiger partial charge in [0.05, 0.1) is 5.92 Å². The molecular formula is C25H40O3. The second-order valence-electron chi connectivity index (χ2n) is 8.06. The highest BCUT2D eigenvalue weighted by Gasteiger charge is 2.19. The number of hydrogen-bond acceptors (Lipinski definition) is 2. The molecule has 0 spiro atoms. The lowest BCUT2D eigenvalue weighted by atomic mass is 9.92. The zero-order valence-electron chi connectivity index (χ0n) is 17.8. The number of hydrogen-bond donors (Lipinski definition) is 1. The van der Waals surface area contributed by atoms with E-state index >= 15 is 0 Å². The van der Waals surface area contributed by atoms with Crippen LogP contribution in [0.5, 0.6) is 0 Å². The number of unbranched alkanes of at least 4 members (excludes halogenated alkanes) is 13. The third-order valence-electron chi connectivity index (χ3n) is 5.62. The molecule has 1 unspecified atom stereocenters. The lowest BCUT2D eigenvalue weighted by molar-refractivity contribution is -0.139. The van der Waals surface area contributed by atoms with E-state index in [1.165, 1.54) is 77.0 Å². The number of carbonyl (C=O) groups is 2. The molecular weight excluding hydrogens is 348 g/mol. The van der Waals surface area contributed by atoms with Crippen LogP contribution < -0.4 is 0 Å². The number of aldehydes is 1. The molecule has 0 radical (unpaired) electrons. The van der Waals surface area contributed by atoms with Gasteiger partial charge in [0, 0.05) is 5.56 Å². The molecule has 0 bridgehead atoms. The summed E-state index contributed by atoms with van der Waals surface area (Å²) >= 11 is 0. The lowest BCUT2D eigenvalue weighted by Crippen LogP contribution is -2.11. The molecule has 0 aromatic heterocycles. The van der Waals surface area contributed by atoms with Gasteiger partial charge < -0.3 is 5.11 Å². The fourth-order valence-corrected chi connectivity index (χ4v) is 3.78. The Morgan fingerprint density at radius 3 is 1.61 bits per heavy atom. The van der Waals surface area contributed by atoms with Crippen LogP contribution in [0.1, 0.15) is 125 Å². The maximum Gasteiger partial charge on any atom is 0.310 e. The average Bonchev–Trinajstić information content (AvgIpc) is 2.71. The summed E-state index contributed by atoms with van der Waals surface area (Å²) in [5, 5.41) is 9.49. The van der Waals surface area contributed by atoms with E-state index in [1.54, 1.807) is 24.3 Å². The summed E-state index contributed by atoms with van der Waals surface area (Å²) in [5.41, 5.74) is 1.39. The maximum atomic E-state index is 11.5. The van der Waals surface area contributed by atoms with Crippen molar-refractivity contribution < 1.29 is 14.7 Å². The summed E-state index contributed by atoms with van der Waals surface area (Å²) in [4.78, 5) is 22.3. The van der Waals surface area contributed by atoms with Crippen LogP contribution >= 0.6 is 0 Å². The van der Waals surface area contributed by atoms with Crippen LogP contribution in [0.15, 0.2) is 24.3 Å². The molecule has 0 heterocycles. The maximum absolute atomic E-state index is 11.5. The van der Waals surface area contributed by atoms with Crippen molar-refractivity contribution in [2.24, 2.45) is 0 Å². The highest BCUT2D eigenvalue weighted by atomic mass is 16.4. The Labute approximate surface area is 171 Å². The number of aliphatic carboxylic acids is 1. The molecule has 1 aromatic carbocycles. The first-order chi connectivity index (χ1) is 13.7. The molecule has 1 N–H and O–H groups in total. The van der Waals surface area contributed by atoms with Crippen LogP contribution in [-0.4, -0.2) is 17.4 Å². The molecule has 158 valence electrons. The largest absolute Gasteiger partial charge is 0.481 e. The van der Waals surface area contributed by atoms with E-state index in [-0.39, 0.29) is 0 Å². The van der Waals surface area contributed by atoms with E-state index in [9.17, 15) is 14.7 Å². The lowest BCUT2D eigenvalue weighted by Gasteiger charge is -2.13. The molecule has 0 aliphatic carbocycles. The first kappa shape index (κ1) is 24.4. The average molecular weight is 389 g/mol. The SMILES string of the molecule is CCCCCCCCCCCCCCCCC(C(=O)O)c1ccc(C=O)cc1. The minimum atomic E-state index is -0.770. The summed E-state index contributed by atoms with van der Waals surface area (Å²) in [6.45, 7) is 2.26. The van der Waals surface area contributed by atoms with Crippen molar-refractivity contribution in [3.63, 3.8) is 0 Å². The molecule has 0 amide bonds. The smallest absolute Gasteiger partial charge is 0.310 e. The Hall–Kier alpha value is -1.64. The number of carbonyl (C=O) groups excluding carboxylic acids is 1. The quantitative estimate of drug-likeness (QED) is 0.209. The fourth-order valence-electron chi connectivity index (χ4n) is 3.78. The second-order valence-corrected chi connectivity index (χ2v) is 8.06. The Morgan fingerprint density at radius 2 is 1.21 bits per heavy atom. The summed E-state index contributed by atoms with van der Waals surface area (Å²) in [6.07, 6.45) is 19.7. The van der Waals surface area contributed by atoms with Crippen LogP contribution in [-0.2, 0) is 4.79 Å². The van der Waals surface area contributed by atoms with E-state index in [0.29, 0.717) is 12.0 Å². The highest BCUT2D eigenvalue weighted by molar-refractivity contribution is 5.78. The van der Waals surface area contributed by atoms with Gasteiger partial charge in [-0.1, -0.05) is 121 Å². The first-order valence-electron chi connectivity index (χ1n) is 11.5. The molecule has 0 aliphatic rings. The van der Waals surface area contributed by atoms with Crippen LogP contribution in [0.2, 0.25) is 0 Å². The van der Waals surface area contributed by atoms with E-state index in [4.69, 9.17) is 0 Å². The third kappa shape index (κ3) is 11.3. The third-order valence-corrected chi connectivity index (χ3v) is 5.62. The van der Waals surface area contributed by atoms with Crippen molar-refractivity contribution in [2.45, 2.75) is 109 Å². The van der Waals surface area contributed by atoms with Gasteiger partial charge in [-0.15, -0.1) is 0 Å².